The lowest BCUT2D eigenvalue weighted by Crippen LogP contribution is -2.49. The van der Waals surface area contributed by atoms with Gasteiger partial charge in [-0.2, -0.15) is 0 Å². The van der Waals surface area contributed by atoms with Crippen molar-refractivity contribution in [3.05, 3.63) is 95.6 Å². The van der Waals surface area contributed by atoms with E-state index in [4.69, 9.17) is 4.42 Å². The van der Waals surface area contributed by atoms with E-state index < -0.39 is 19.5 Å². The first kappa shape index (κ1) is 27.1. The largest absolute Gasteiger partial charge is 0.411 e. The molecular formula is C29H30N4O4S2. The third kappa shape index (κ3) is 5.24. The number of benzene rings is 3. The number of fused-ring (bicyclic) bond motifs is 1. The molecule has 0 saturated heterocycles. The number of sulfonamides is 1. The van der Waals surface area contributed by atoms with Gasteiger partial charge < -0.3 is 9.32 Å². The van der Waals surface area contributed by atoms with Crippen LogP contribution in [0.1, 0.15) is 37.5 Å². The minimum absolute atomic E-state index is 0.172. The van der Waals surface area contributed by atoms with Crippen LogP contribution in [0.4, 0.5) is 5.69 Å². The summed E-state index contributed by atoms with van der Waals surface area (Å²) in [5.41, 5.74) is 4.07. The van der Waals surface area contributed by atoms with Crippen molar-refractivity contribution in [2.75, 3.05) is 11.4 Å². The lowest BCUT2D eigenvalue weighted by Gasteiger charge is -2.29. The van der Waals surface area contributed by atoms with E-state index in [2.05, 4.69) is 14.9 Å². The van der Waals surface area contributed by atoms with Crippen molar-refractivity contribution >= 4 is 33.4 Å². The minimum atomic E-state index is -3.77. The summed E-state index contributed by atoms with van der Waals surface area (Å²) in [6.45, 7) is 6.96. The summed E-state index contributed by atoms with van der Waals surface area (Å²) in [5.74, 6) is 0.0626. The summed E-state index contributed by atoms with van der Waals surface area (Å²) >= 11 is 1.08. The number of nitrogens with zero attached hydrogens (tertiary/aromatic N) is 3. The number of carbonyl (C=O) groups is 1. The Morgan fingerprint density at radius 1 is 0.974 bits per heavy atom. The Morgan fingerprint density at radius 2 is 1.64 bits per heavy atom. The van der Waals surface area contributed by atoms with Crippen LogP contribution in [0.5, 0.6) is 0 Å². The van der Waals surface area contributed by atoms with Crippen LogP contribution in [0.15, 0.2) is 88.5 Å². The molecule has 0 saturated carbocycles. The normalized spacial score (nSPS) is 17.4. The van der Waals surface area contributed by atoms with Crippen molar-refractivity contribution in [2.24, 2.45) is 0 Å². The average molecular weight is 563 g/mol. The highest BCUT2D eigenvalue weighted by Crippen LogP contribution is 2.52. The fourth-order valence-corrected chi connectivity index (χ4v) is 6.44. The number of nitrogens with one attached hydrogen (secondary N) is 1. The SMILES string of the molecule is Cc1ccc2c(c1)C(CNS(=O)(=O)C(C)(C)C)(Sc1nnc(-c3ccccc3)o1)C(=O)N2Cc1ccccc1. The van der Waals surface area contributed by atoms with Crippen molar-refractivity contribution < 1.29 is 17.6 Å². The maximum atomic E-state index is 14.4. The van der Waals surface area contributed by atoms with Crippen LogP contribution in [-0.2, 0) is 26.1 Å². The zero-order valence-electron chi connectivity index (χ0n) is 22.2. The Bertz CT molecular complexity index is 1600. The molecule has 1 atom stereocenters. The molecular weight excluding hydrogens is 532 g/mol. The molecule has 1 N–H and O–H groups in total. The predicted octanol–water partition coefficient (Wildman–Crippen LogP) is 5.30. The number of amides is 1. The summed E-state index contributed by atoms with van der Waals surface area (Å²) in [4.78, 5) is 16.1. The van der Waals surface area contributed by atoms with Gasteiger partial charge in [0.15, 0.2) is 0 Å². The first-order valence-electron chi connectivity index (χ1n) is 12.5. The molecule has 1 aromatic heterocycles. The molecule has 2 heterocycles. The van der Waals surface area contributed by atoms with Crippen molar-refractivity contribution in [2.45, 2.75) is 49.0 Å². The monoisotopic (exact) mass is 562 g/mol. The van der Waals surface area contributed by atoms with Gasteiger partial charge in [0.2, 0.25) is 21.8 Å². The highest BCUT2D eigenvalue weighted by Gasteiger charge is 2.54. The number of thioether (sulfide) groups is 1. The second kappa shape index (κ2) is 10.3. The van der Waals surface area contributed by atoms with Crippen molar-refractivity contribution in [3.8, 4) is 11.5 Å². The Morgan fingerprint density at radius 3 is 2.31 bits per heavy atom. The highest BCUT2D eigenvalue weighted by molar-refractivity contribution is 8.01. The maximum Gasteiger partial charge on any atom is 0.278 e. The number of rotatable bonds is 8. The Kier molecular flexibility index (Phi) is 7.13. The summed E-state index contributed by atoms with van der Waals surface area (Å²) in [6.07, 6.45) is 0. The molecule has 202 valence electrons. The van der Waals surface area contributed by atoms with Gasteiger partial charge in [0.1, 0.15) is 4.75 Å². The third-order valence-electron chi connectivity index (χ3n) is 6.66. The standard InChI is InChI=1S/C29H30N4O4S2/c1-20-15-16-24-23(17-20)29(19-30-39(35,36)28(2,3)4,26(34)33(24)18-21-11-7-5-8-12-21)38-27-32-31-25(37-27)22-13-9-6-10-14-22/h5-17,30H,18-19H2,1-4H3. The molecule has 5 rings (SSSR count). The van der Waals surface area contributed by atoms with E-state index in [1.807, 2.05) is 85.8 Å². The van der Waals surface area contributed by atoms with E-state index in [1.54, 1.807) is 25.7 Å². The second-order valence-electron chi connectivity index (χ2n) is 10.5. The van der Waals surface area contributed by atoms with Gasteiger partial charge in [-0.15, -0.1) is 10.2 Å². The Labute approximate surface area is 232 Å². The fraction of sp³-hybridized carbons (Fsp3) is 0.276. The number of aryl methyl sites for hydroxylation is 1. The molecule has 1 aliphatic heterocycles. The lowest BCUT2D eigenvalue weighted by atomic mass is 9.98. The number of hydrogen-bond donors (Lipinski definition) is 1. The van der Waals surface area contributed by atoms with E-state index in [0.717, 1.165) is 34.1 Å². The minimum Gasteiger partial charge on any atom is -0.411 e. The van der Waals surface area contributed by atoms with Gasteiger partial charge in [-0.25, -0.2) is 13.1 Å². The third-order valence-corrected chi connectivity index (χ3v) is 10.0. The van der Waals surface area contributed by atoms with Crippen LogP contribution >= 0.6 is 11.8 Å². The number of hydrogen-bond acceptors (Lipinski definition) is 7. The first-order valence-corrected chi connectivity index (χ1v) is 14.8. The molecule has 0 radical (unpaired) electrons. The van der Waals surface area contributed by atoms with Crippen molar-refractivity contribution in [3.63, 3.8) is 0 Å². The van der Waals surface area contributed by atoms with Crippen LogP contribution in [0.2, 0.25) is 0 Å². The smallest absolute Gasteiger partial charge is 0.278 e. The van der Waals surface area contributed by atoms with Crippen LogP contribution in [0.3, 0.4) is 0 Å². The van der Waals surface area contributed by atoms with Gasteiger partial charge in [-0.1, -0.05) is 66.2 Å². The summed E-state index contributed by atoms with van der Waals surface area (Å²) in [7, 11) is -3.77. The van der Waals surface area contributed by atoms with Gasteiger partial charge in [0, 0.05) is 23.4 Å². The van der Waals surface area contributed by atoms with E-state index in [0.29, 0.717) is 18.0 Å². The van der Waals surface area contributed by atoms with Gasteiger partial charge >= 0.3 is 0 Å². The molecule has 0 bridgehead atoms. The molecule has 10 heteroatoms. The summed E-state index contributed by atoms with van der Waals surface area (Å²) in [5, 5.41) is 8.60. The molecule has 3 aromatic carbocycles. The molecule has 1 unspecified atom stereocenters. The lowest BCUT2D eigenvalue weighted by molar-refractivity contribution is -0.120. The van der Waals surface area contributed by atoms with Crippen LogP contribution in [0, 0.1) is 6.92 Å². The number of aromatic nitrogens is 2. The molecule has 0 aliphatic carbocycles. The Balaban J connectivity index is 1.60. The van der Waals surface area contributed by atoms with Crippen molar-refractivity contribution in [1.82, 2.24) is 14.9 Å². The number of carbonyl (C=O) groups excluding carboxylic acids is 1. The summed E-state index contributed by atoms with van der Waals surface area (Å²) < 4.78 is 32.6. The Hall–Kier alpha value is -3.47. The molecule has 8 nitrogen and oxygen atoms in total. The fourth-order valence-electron chi connectivity index (χ4n) is 4.39. The van der Waals surface area contributed by atoms with Gasteiger partial charge in [-0.3, -0.25) is 4.79 Å². The highest BCUT2D eigenvalue weighted by atomic mass is 32.2. The average Bonchev–Trinajstić information content (AvgIpc) is 3.46. The molecule has 0 fully saturated rings. The van der Waals surface area contributed by atoms with E-state index in [1.165, 1.54) is 0 Å². The van der Waals surface area contributed by atoms with Crippen LogP contribution in [-0.4, -0.2) is 35.8 Å². The molecule has 1 amide bonds. The van der Waals surface area contributed by atoms with Gasteiger partial charge in [0.25, 0.3) is 5.22 Å². The zero-order chi connectivity index (χ0) is 27.8. The first-order chi connectivity index (χ1) is 18.5. The van der Waals surface area contributed by atoms with E-state index in [9.17, 15) is 13.2 Å². The van der Waals surface area contributed by atoms with Crippen LogP contribution in [0.25, 0.3) is 11.5 Å². The molecule has 0 spiro atoms. The van der Waals surface area contributed by atoms with Crippen molar-refractivity contribution in [1.29, 1.82) is 0 Å². The summed E-state index contributed by atoms with van der Waals surface area (Å²) in [6, 6.07) is 24.8. The van der Waals surface area contributed by atoms with Gasteiger partial charge in [-0.05, 0) is 63.2 Å². The van der Waals surface area contributed by atoms with E-state index in [-0.39, 0.29) is 17.7 Å². The molecule has 4 aromatic rings. The van der Waals surface area contributed by atoms with E-state index >= 15 is 0 Å². The molecule has 39 heavy (non-hydrogen) atoms. The predicted molar refractivity (Wildman–Crippen MR) is 153 cm³/mol. The molecule has 1 aliphatic rings. The maximum absolute atomic E-state index is 14.4. The quantitative estimate of drug-likeness (QED) is 0.311. The topological polar surface area (TPSA) is 105 Å². The zero-order valence-corrected chi connectivity index (χ0v) is 23.8. The second-order valence-corrected chi connectivity index (χ2v) is 14.3. The van der Waals surface area contributed by atoms with Gasteiger partial charge in [0.05, 0.1) is 11.3 Å². The van der Waals surface area contributed by atoms with Crippen LogP contribution < -0.4 is 9.62 Å². The number of anilines is 1.